The van der Waals surface area contributed by atoms with Crippen molar-refractivity contribution in [3.63, 3.8) is 0 Å². The minimum atomic E-state index is 0.273. The van der Waals surface area contributed by atoms with E-state index in [1.54, 1.807) is 19.4 Å². The molecule has 0 saturated carbocycles. The Kier molecular flexibility index (Phi) is 7.61. The average Bonchev–Trinajstić information content (AvgIpc) is 2.87. The van der Waals surface area contributed by atoms with Crippen molar-refractivity contribution >= 4 is 33.5 Å². The standard InChI is InChI=1S/C26H24BrN3O3/c1-31-25-14-21(17-29-22-6-8-23(9-7-22)30-10-12-32-13-11-30)24(27)15-26(25)33-18-20-5-3-2-4-19(20)16-28/h2-9,14-15,17H,10-13,18H2,1H3. The maximum Gasteiger partial charge on any atom is 0.162 e. The van der Waals surface area contributed by atoms with Crippen molar-refractivity contribution in [2.24, 2.45) is 4.99 Å². The summed E-state index contributed by atoms with van der Waals surface area (Å²) in [5.41, 5.74) is 4.34. The molecule has 168 valence electrons. The number of aliphatic imine (C=N–C) groups is 1. The van der Waals surface area contributed by atoms with Crippen LogP contribution < -0.4 is 14.4 Å². The second-order valence-electron chi connectivity index (χ2n) is 7.46. The van der Waals surface area contributed by atoms with Gasteiger partial charge in [-0.05, 0) is 58.4 Å². The quantitative estimate of drug-likeness (QED) is 0.396. The third kappa shape index (κ3) is 5.72. The highest BCUT2D eigenvalue weighted by Gasteiger charge is 2.12. The summed E-state index contributed by atoms with van der Waals surface area (Å²) in [6.07, 6.45) is 1.80. The monoisotopic (exact) mass is 505 g/mol. The van der Waals surface area contributed by atoms with Crippen molar-refractivity contribution in [3.8, 4) is 17.6 Å². The third-order valence-electron chi connectivity index (χ3n) is 5.38. The minimum absolute atomic E-state index is 0.273. The zero-order chi connectivity index (χ0) is 23.0. The van der Waals surface area contributed by atoms with Crippen LogP contribution in [0.2, 0.25) is 0 Å². The SMILES string of the molecule is COc1cc(C=Nc2ccc(N3CCOCC3)cc2)c(Br)cc1OCc1ccccc1C#N. The lowest BCUT2D eigenvalue weighted by Crippen LogP contribution is -2.36. The maximum absolute atomic E-state index is 9.27. The van der Waals surface area contributed by atoms with Crippen LogP contribution in [0.3, 0.4) is 0 Å². The zero-order valence-corrected chi connectivity index (χ0v) is 19.9. The fourth-order valence-electron chi connectivity index (χ4n) is 3.55. The molecule has 33 heavy (non-hydrogen) atoms. The van der Waals surface area contributed by atoms with E-state index in [0.717, 1.165) is 47.6 Å². The third-order valence-corrected chi connectivity index (χ3v) is 6.07. The Morgan fingerprint density at radius 1 is 1.09 bits per heavy atom. The molecule has 0 spiro atoms. The molecule has 3 aromatic carbocycles. The van der Waals surface area contributed by atoms with Crippen LogP contribution >= 0.6 is 15.9 Å². The molecular weight excluding hydrogens is 482 g/mol. The van der Waals surface area contributed by atoms with Crippen LogP contribution in [0.4, 0.5) is 11.4 Å². The number of hydrogen-bond donors (Lipinski definition) is 0. The first-order valence-electron chi connectivity index (χ1n) is 10.6. The number of anilines is 1. The van der Waals surface area contributed by atoms with Crippen molar-refractivity contribution in [3.05, 3.63) is 81.8 Å². The Morgan fingerprint density at radius 3 is 2.58 bits per heavy atom. The smallest absolute Gasteiger partial charge is 0.162 e. The van der Waals surface area contributed by atoms with Crippen LogP contribution in [-0.4, -0.2) is 39.6 Å². The van der Waals surface area contributed by atoms with Crippen molar-refractivity contribution in [2.45, 2.75) is 6.61 Å². The van der Waals surface area contributed by atoms with Gasteiger partial charge in [0, 0.05) is 40.6 Å². The highest BCUT2D eigenvalue weighted by atomic mass is 79.9. The van der Waals surface area contributed by atoms with Gasteiger partial charge in [0.2, 0.25) is 0 Å². The van der Waals surface area contributed by atoms with E-state index in [9.17, 15) is 5.26 Å². The molecule has 0 N–H and O–H groups in total. The highest BCUT2D eigenvalue weighted by molar-refractivity contribution is 9.10. The number of morpholine rings is 1. The van der Waals surface area contributed by atoms with Crippen molar-refractivity contribution in [1.29, 1.82) is 5.26 Å². The molecule has 1 aliphatic heterocycles. The second kappa shape index (κ2) is 11.0. The predicted octanol–water partition coefficient (Wildman–Crippen LogP) is 5.50. The van der Waals surface area contributed by atoms with Crippen LogP contribution in [0, 0.1) is 11.3 Å². The van der Waals surface area contributed by atoms with E-state index in [2.05, 4.69) is 44.0 Å². The molecule has 0 unspecified atom stereocenters. The van der Waals surface area contributed by atoms with E-state index in [0.29, 0.717) is 17.1 Å². The number of nitriles is 1. The van der Waals surface area contributed by atoms with Gasteiger partial charge in [-0.3, -0.25) is 4.99 Å². The molecule has 1 saturated heterocycles. The number of halogens is 1. The number of hydrogen-bond acceptors (Lipinski definition) is 6. The van der Waals surface area contributed by atoms with Gasteiger partial charge in [-0.15, -0.1) is 0 Å². The summed E-state index contributed by atoms with van der Waals surface area (Å²) in [4.78, 5) is 6.93. The topological polar surface area (TPSA) is 67.1 Å². The molecule has 7 heteroatoms. The normalized spacial score (nSPS) is 13.7. The van der Waals surface area contributed by atoms with E-state index in [-0.39, 0.29) is 6.61 Å². The van der Waals surface area contributed by atoms with Crippen LogP contribution in [-0.2, 0) is 11.3 Å². The largest absolute Gasteiger partial charge is 0.493 e. The van der Waals surface area contributed by atoms with E-state index in [4.69, 9.17) is 14.2 Å². The first kappa shape index (κ1) is 22.8. The fourth-order valence-corrected chi connectivity index (χ4v) is 3.97. The Hall–Kier alpha value is -3.34. The molecule has 6 nitrogen and oxygen atoms in total. The molecule has 1 aliphatic rings. The summed E-state index contributed by atoms with van der Waals surface area (Å²) < 4.78 is 17.7. The van der Waals surface area contributed by atoms with E-state index in [1.165, 1.54) is 5.69 Å². The average molecular weight is 506 g/mol. The van der Waals surface area contributed by atoms with Crippen LogP contribution in [0.25, 0.3) is 0 Å². The lowest BCUT2D eigenvalue weighted by molar-refractivity contribution is 0.122. The molecule has 1 heterocycles. The van der Waals surface area contributed by atoms with E-state index < -0.39 is 0 Å². The Balaban J connectivity index is 1.47. The summed E-state index contributed by atoms with van der Waals surface area (Å²) in [6.45, 7) is 3.62. The highest BCUT2D eigenvalue weighted by Crippen LogP contribution is 2.34. The van der Waals surface area contributed by atoms with Gasteiger partial charge in [0.15, 0.2) is 11.5 Å². The number of nitrogens with zero attached hydrogens (tertiary/aromatic N) is 3. The first-order valence-corrected chi connectivity index (χ1v) is 11.4. The van der Waals surface area contributed by atoms with Gasteiger partial charge in [0.1, 0.15) is 6.61 Å². The van der Waals surface area contributed by atoms with Gasteiger partial charge in [-0.1, -0.05) is 18.2 Å². The molecule has 0 radical (unpaired) electrons. The van der Waals surface area contributed by atoms with Gasteiger partial charge >= 0.3 is 0 Å². The van der Waals surface area contributed by atoms with Gasteiger partial charge in [0.05, 0.1) is 37.6 Å². The number of benzene rings is 3. The lowest BCUT2D eigenvalue weighted by Gasteiger charge is -2.28. The van der Waals surface area contributed by atoms with Crippen LogP contribution in [0.15, 0.2) is 70.1 Å². The Bertz CT molecular complexity index is 1170. The summed E-state index contributed by atoms with van der Waals surface area (Å²) in [5.74, 6) is 1.18. The Labute approximate surface area is 202 Å². The molecule has 1 fully saturated rings. The van der Waals surface area contributed by atoms with Crippen molar-refractivity contribution in [2.75, 3.05) is 38.3 Å². The van der Waals surface area contributed by atoms with E-state index in [1.807, 2.05) is 42.5 Å². The number of ether oxygens (including phenoxy) is 3. The van der Waals surface area contributed by atoms with Crippen LogP contribution in [0.5, 0.6) is 11.5 Å². The van der Waals surface area contributed by atoms with Crippen molar-refractivity contribution in [1.82, 2.24) is 0 Å². The predicted molar refractivity (Wildman–Crippen MR) is 133 cm³/mol. The minimum Gasteiger partial charge on any atom is -0.493 e. The molecule has 0 aromatic heterocycles. The Morgan fingerprint density at radius 2 is 1.85 bits per heavy atom. The first-order chi connectivity index (χ1) is 16.2. The molecule has 0 atom stereocenters. The number of methoxy groups -OCH3 is 1. The van der Waals surface area contributed by atoms with E-state index >= 15 is 0 Å². The van der Waals surface area contributed by atoms with Gasteiger partial charge in [0.25, 0.3) is 0 Å². The summed E-state index contributed by atoms with van der Waals surface area (Å²) in [7, 11) is 1.60. The summed E-state index contributed by atoms with van der Waals surface area (Å²) >= 11 is 3.60. The lowest BCUT2D eigenvalue weighted by atomic mass is 10.1. The fraction of sp³-hybridized carbons (Fsp3) is 0.231. The zero-order valence-electron chi connectivity index (χ0n) is 18.3. The maximum atomic E-state index is 9.27. The summed E-state index contributed by atoms with van der Waals surface area (Å²) in [6, 6.07) is 21.5. The van der Waals surface area contributed by atoms with Crippen molar-refractivity contribution < 1.29 is 14.2 Å². The molecule has 0 aliphatic carbocycles. The molecule has 0 amide bonds. The number of rotatable bonds is 7. The summed E-state index contributed by atoms with van der Waals surface area (Å²) in [5, 5.41) is 9.27. The molecule has 3 aromatic rings. The second-order valence-corrected chi connectivity index (χ2v) is 8.31. The van der Waals surface area contributed by atoms with Crippen LogP contribution in [0.1, 0.15) is 16.7 Å². The molecule has 4 rings (SSSR count). The molecular formula is C26H24BrN3O3. The van der Waals surface area contributed by atoms with Gasteiger partial charge in [-0.25, -0.2) is 0 Å². The van der Waals surface area contributed by atoms with Gasteiger partial charge < -0.3 is 19.1 Å². The van der Waals surface area contributed by atoms with Gasteiger partial charge in [-0.2, -0.15) is 5.26 Å². The molecule has 0 bridgehead atoms.